The van der Waals surface area contributed by atoms with Gasteiger partial charge < -0.3 is 11.1 Å². The van der Waals surface area contributed by atoms with Gasteiger partial charge in [0.15, 0.2) is 0 Å². The molecule has 0 aliphatic heterocycles. The Morgan fingerprint density at radius 2 is 1.82 bits per heavy atom. The molecule has 0 aromatic carbocycles. The van der Waals surface area contributed by atoms with Crippen molar-refractivity contribution in [2.75, 3.05) is 12.3 Å². The number of carbonyl (C=O) groups excluding carboxylic acids is 1. The monoisotopic (exact) mass is 284 g/mol. The minimum Gasteiger partial charge on any atom is -0.355 e. The highest BCUT2D eigenvalue weighted by molar-refractivity contribution is 7.86. The van der Waals surface area contributed by atoms with Gasteiger partial charge in [0.25, 0.3) is 0 Å². The summed E-state index contributed by atoms with van der Waals surface area (Å²) in [6.45, 7) is 9.82. The maximum absolute atomic E-state index is 11.7. The lowest BCUT2D eigenvalue weighted by molar-refractivity contribution is -0.124. The molecule has 104 valence electrons. The first-order valence-electron chi connectivity index (χ1n) is 5.58. The van der Waals surface area contributed by atoms with Crippen LogP contribution in [0, 0.1) is 5.92 Å². The minimum atomic E-state index is -0.924. The highest BCUT2D eigenvalue weighted by atomic mass is 35.5. The molecule has 3 atom stereocenters. The van der Waals surface area contributed by atoms with Gasteiger partial charge in [0.1, 0.15) is 0 Å². The van der Waals surface area contributed by atoms with Gasteiger partial charge in [-0.3, -0.25) is 9.00 Å². The largest absolute Gasteiger partial charge is 0.355 e. The fourth-order valence-corrected chi connectivity index (χ4v) is 1.87. The van der Waals surface area contributed by atoms with E-state index in [1.54, 1.807) is 13.8 Å². The molecule has 0 aromatic rings. The fourth-order valence-electron chi connectivity index (χ4n) is 0.973. The van der Waals surface area contributed by atoms with E-state index in [0.717, 1.165) is 0 Å². The van der Waals surface area contributed by atoms with Crippen LogP contribution in [0.4, 0.5) is 0 Å². The van der Waals surface area contributed by atoms with Gasteiger partial charge in [0.05, 0.1) is 0 Å². The molecule has 0 saturated carbocycles. The summed E-state index contributed by atoms with van der Waals surface area (Å²) in [5.41, 5.74) is 5.62. The number of rotatable bonds is 5. The van der Waals surface area contributed by atoms with Crippen LogP contribution in [0.15, 0.2) is 0 Å². The zero-order chi connectivity index (χ0) is 12.9. The zero-order valence-corrected chi connectivity index (χ0v) is 12.9. The maximum atomic E-state index is 11.7. The fraction of sp³-hybridized carbons (Fsp3) is 0.909. The summed E-state index contributed by atoms with van der Waals surface area (Å²) in [6, 6.07) is -0.159. The average molecular weight is 285 g/mol. The summed E-state index contributed by atoms with van der Waals surface area (Å²) >= 11 is 0. The van der Waals surface area contributed by atoms with Crippen molar-refractivity contribution in [1.29, 1.82) is 0 Å². The van der Waals surface area contributed by atoms with Crippen molar-refractivity contribution in [3.63, 3.8) is 0 Å². The van der Waals surface area contributed by atoms with Crippen LogP contribution >= 0.6 is 12.4 Å². The van der Waals surface area contributed by atoms with E-state index >= 15 is 0 Å². The second-order valence-corrected chi connectivity index (χ2v) is 7.42. The van der Waals surface area contributed by atoms with E-state index in [2.05, 4.69) is 5.32 Å². The number of nitrogens with two attached hydrogens (primary N) is 1. The van der Waals surface area contributed by atoms with Crippen molar-refractivity contribution in [1.82, 2.24) is 5.32 Å². The standard InChI is InChI=1S/C11H24N2O2S.ClH/c1-8(9(2)12)10(14)13-6-7-16(15)11(3,4)5;/h8-9H,6-7,12H2,1-5H3,(H,13,14);1H. The molecule has 0 bridgehead atoms. The minimum absolute atomic E-state index is 0. The first-order valence-corrected chi connectivity index (χ1v) is 6.90. The van der Waals surface area contributed by atoms with Crippen molar-refractivity contribution in [3.05, 3.63) is 0 Å². The first-order chi connectivity index (χ1) is 7.16. The van der Waals surface area contributed by atoms with Crippen LogP contribution in [0.5, 0.6) is 0 Å². The molecule has 1 amide bonds. The van der Waals surface area contributed by atoms with Crippen molar-refractivity contribution < 1.29 is 9.00 Å². The second-order valence-electron chi connectivity index (χ2n) is 5.10. The molecule has 3 unspecified atom stereocenters. The molecule has 0 fully saturated rings. The molecule has 0 heterocycles. The van der Waals surface area contributed by atoms with E-state index in [0.29, 0.717) is 12.3 Å². The first kappa shape index (κ1) is 19.2. The van der Waals surface area contributed by atoms with Gasteiger partial charge in [-0.1, -0.05) is 6.92 Å². The Balaban J connectivity index is 0. The smallest absolute Gasteiger partial charge is 0.224 e. The van der Waals surface area contributed by atoms with Crippen LogP contribution in [0.2, 0.25) is 0 Å². The Labute approximate surface area is 113 Å². The number of amides is 1. The topological polar surface area (TPSA) is 72.2 Å². The van der Waals surface area contributed by atoms with Crippen LogP contribution in [0.1, 0.15) is 34.6 Å². The lowest BCUT2D eigenvalue weighted by Gasteiger charge is -2.19. The molecule has 3 N–H and O–H groups in total. The van der Waals surface area contributed by atoms with Crippen LogP contribution in [0.3, 0.4) is 0 Å². The van der Waals surface area contributed by atoms with E-state index < -0.39 is 10.8 Å². The number of nitrogens with one attached hydrogen (secondary N) is 1. The normalized spacial score (nSPS) is 16.6. The molecule has 0 rings (SSSR count). The number of hydrogen-bond donors (Lipinski definition) is 2. The van der Waals surface area contributed by atoms with Gasteiger partial charge in [-0.25, -0.2) is 0 Å². The van der Waals surface area contributed by atoms with E-state index in [1.807, 2.05) is 20.8 Å². The van der Waals surface area contributed by atoms with Crippen LogP contribution in [-0.2, 0) is 15.6 Å². The Morgan fingerprint density at radius 3 is 2.18 bits per heavy atom. The highest BCUT2D eigenvalue weighted by Crippen LogP contribution is 2.10. The quantitative estimate of drug-likeness (QED) is 0.793. The summed E-state index contributed by atoms with van der Waals surface area (Å²) < 4.78 is 11.5. The molecule has 0 aromatic heterocycles. The van der Waals surface area contributed by atoms with Crippen LogP contribution in [-0.4, -0.2) is 33.2 Å². The van der Waals surface area contributed by atoms with E-state index in [4.69, 9.17) is 5.73 Å². The summed E-state index contributed by atoms with van der Waals surface area (Å²) in [4.78, 5) is 11.5. The molecule has 0 aliphatic rings. The predicted molar refractivity (Wildman–Crippen MR) is 75.8 cm³/mol. The summed E-state index contributed by atoms with van der Waals surface area (Å²) in [5.74, 6) is 0.213. The lowest BCUT2D eigenvalue weighted by atomic mass is 10.0. The summed E-state index contributed by atoms with van der Waals surface area (Å²) in [7, 11) is -0.924. The van der Waals surface area contributed by atoms with Crippen molar-refractivity contribution in [2.45, 2.75) is 45.4 Å². The van der Waals surface area contributed by atoms with Gasteiger partial charge >= 0.3 is 0 Å². The molecule has 0 spiro atoms. The van der Waals surface area contributed by atoms with Gasteiger partial charge in [0.2, 0.25) is 5.91 Å². The zero-order valence-electron chi connectivity index (χ0n) is 11.3. The Hall–Kier alpha value is -0.130. The third-order valence-corrected chi connectivity index (χ3v) is 4.41. The molecular formula is C11H25ClN2O2S. The molecular weight excluding hydrogens is 260 g/mol. The average Bonchev–Trinajstić information content (AvgIpc) is 2.14. The van der Waals surface area contributed by atoms with E-state index in [1.165, 1.54) is 0 Å². The summed E-state index contributed by atoms with van der Waals surface area (Å²) in [5, 5.41) is 2.75. The van der Waals surface area contributed by atoms with E-state index in [-0.39, 0.29) is 35.0 Å². The Kier molecular flexibility index (Phi) is 9.11. The Morgan fingerprint density at radius 1 is 1.35 bits per heavy atom. The summed E-state index contributed by atoms with van der Waals surface area (Å²) in [6.07, 6.45) is 0. The molecule has 17 heavy (non-hydrogen) atoms. The number of carbonyl (C=O) groups is 1. The van der Waals surface area contributed by atoms with Gasteiger partial charge in [-0.2, -0.15) is 0 Å². The van der Waals surface area contributed by atoms with Crippen LogP contribution in [0.25, 0.3) is 0 Å². The molecule has 0 radical (unpaired) electrons. The van der Waals surface area contributed by atoms with Crippen LogP contribution < -0.4 is 11.1 Å². The lowest BCUT2D eigenvalue weighted by Crippen LogP contribution is -2.40. The SMILES string of the molecule is CC(N)C(C)C(=O)NCCS(=O)C(C)(C)C.Cl. The third kappa shape index (κ3) is 7.73. The molecule has 0 saturated heterocycles. The predicted octanol–water partition coefficient (Wildman–Crippen LogP) is 1.05. The second kappa shape index (κ2) is 8.06. The van der Waals surface area contributed by atoms with Crippen molar-refractivity contribution in [3.8, 4) is 0 Å². The molecule has 6 heteroatoms. The third-order valence-electron chi connectivity index (χ3n) is 2.47. The van der Waals surface area contributed by atoms with Crippen molar-refractivity contribution >= 4 is 29.1 Å². The maximum Gasteiger partial charge on any atom is 0.224 e. The Bertz CT molecular complexity index is 265. The van der Waals surface area contributed by atoms with E-state index in [9.17, 15) is 9.00 Å². The van der Waals surface area contributed by atoms with Gasteiger partial charge in [-0.15, -0.1) is 12.4 Å². The van der Waals surface area contributed by atoms with Gasteiger partial charge in [0, 0.05) is 39.8 Å². The molecule has 4 nitrogen and oxygen atoms in total. The number of halogens is 1. The van der Waals surface area contributed by atoms with Gasteiger partial charge in [-0.05, 0) is 27.7 Å². The van der Waals surface area contributed by atoms with Crippen molar-refractivity contribution in [2.24, 2.45) is 11.7 Å². The number of hydrogen-bond acceptors (Lipinski definition) is 3. The molecule has 0 aliphatic carbocycles. The highest BCUT2D eigenvalue weighted by Gasteiger charge is 2.20.